The summed E-state index contributed by atoms with van der Waals surface area (Å²) < 4.78 is 11.8. The molecule has 0 aromatic carbocycles. The fraction of sp³-hybridized carbons (Fsp3) is 0.722. The molecule has 3 aliphatic heterocycles. The summed E-state index contributed by atoms with van der Waals surface area (Å²) in [7, 11) is -0.740. The summed E-state index contributed by atoms with van der Waals surface area (Å²) in [4.78, 5) is 18.8. The molecule has 10 nitrogen and oxygen atoms in total. The molecule has 160 valence electrons. The summed E-state index contributed by atoms with van der Waals surface area (Å²) in [5.41, 5.74) is 4.31. The molecular formula is C18H30N8O2S. The summed E-state index contributed by atoms with van der Waals surface area (Å²) in [6, 6.07) is 0. The molecule has 0 saturated carbocycles. The number of hydrazine groups is 1. The SMILES string of the molecule is O=S1CCN(c2nc(N3CCNCC3)nc3c2C=NCN3NCCCCO)CC1. The molecule has 1 aromatic heterocycles. The second-order valence-electron chi connectivity index (χ2n) is 7.38. The number of aliphatic hydroxyl groups is 1. The van der Waals surface area contributed by atoms with Crippen LogP contribution in [0.1, 0.15) is 18.4 Å². The number of hydrogen-bond donors (Lipinski definition) is 3. The van der Waals surface area contributed by atoms with Crippen LogP contribution in [0.2, 0.25) is 0 Å². The fourth-order valence-corrected chi connectivity index (χ4v) is 4.76. The predicted octanol–water partition coefficient (Wildman–Crippen LogP) is -1.07. The Balaban J connectivity index is 1.64. The molecule has 0 atom stereocenters. The lowest BCUT2D eigenvalue weighted by Crippen LogP contribution is -2.46. The van der Waals surface area contributed by atoms with Crippen LogP contribution in [0.5, 0.6) is 0 Å². The Morgan fingerprint density at radius 2 is 1.83 bits per heavy atom. The van der Waals surface area contributed by atoms with Crippen LogP contribution in [0.25, 0.3) is 0 Å². The Morgan fingerprint density at radius 3 is 2.59 bits per heavy atom. The molecule has 0 aliphatic carbocycles. The van der Waals surface area contributed by atoms with Gasteiger partial charge in [0.05, 0.1) is 5.56 Å². The number of nitrogens with zero attached hydrogens (tertiary/aromatic N) is 6. The van der Waals surface area contributed by atoms with Crippen LogP contribution in [0.3, 0.4) is 0 Å². The second-order valence-corrected chi connectivity index (χ2v) is 9.07. The van der Waals surface area contributed by atoms with E-state index in [2.05, 4.69) is 25.5 Å². The standard InChI is InChI=1S/C18H30N8O2S/c27-10-2-1-3-21-26-14-20-13-15-16(24-8-11-29(28)12-9-24)22-18(23-17(15)26)25-6-4-19-5-7-25/h13,19,21,27H,1-12,14H2. The topological polar surface area (TPSA) is 109 Å². The van der Waals surface area contributed by atoms with Crippen LogP contribution in [0.4, 0.5) is 17.6 Å². The molecule has 11 heteroatoms. The molecule has 2 saturated heterocycles. The molecular weight excluding hydrogens is 392 g/mol. The smallest absolute Gasteiger partial charge is 0.229 e. The van der Waals surface area contributed by atoms with E-state index in [0.29, 0.717) is 18.2 Å². The van der Waals surface area contributed by atoms with E-state index in [1.807, 2.05) is 11.2 Å². The Kier molecular flexibility index (Phi) is 6.90. The summed E-state index contributed by atoms with van der Waals surface area (Å²) in [6.45, 7) is 6.50. The van der Waals surface area contributed by atoms with Gasteiger partial charge in [0.2, 0.25) is 5.95 Å². The quantitative estimate of drug-likeness (QED) is 0.473. The molecule has 29 heavy (non-hydrogen) atoms. The molecule has 2 fully saturated rings. The summed E-state index contributed by atoms with van der Waals surface area (Å²) >= 11 is 0. The summed E-state index contributed by atoms with van der Waals surface area (Å²) in [5, 5.41) is 14.4. The van der Waals surface area contributed by atoms with Crippen LogP contribution in [-0.2, 0) is 10.8 Å². The highest BCUT2D eigenvalue weighted by atomic mass is 32.2. The minimum absolute atomic E-state index is 0.201. The lowest BCUT2D eigenvalue weighted by atomic mass is 10.2. The molecule has 4 rings (SSSR count). The van der Waals surface area contributed by atoms with Crippen molar-refractivity contribution in [2.45, 2.75) is 12.8 Å². The molecule has 0 spiro atoms. The molecule has 3 N–H and O–H groups in total. The largest absolute Gasteiger partial charge is 0.396 e. The van der Waals surface area contributed by atoms with Gasteiger partial charge in [0, 0.05) is 80.9 Å². The van der Waals surface area contributed by atoms with E-state index in [-0.39, 0.29) is 6.61 Å². The maximum atomic E-state index is 11.8. The fourth-order valence-electron chi connectivity index (χ4n) is 3.71. The van der Waals surface area contributed by atoms with Gasteiger partial charge < -0.3 is 20.2 Å². The van der Waals surface area contributed by atoms with Crippen LogP contribution in [-0.4, -0.2) is 96.1 Å². The summed E-state index contributed by atoms with van der Waals surface area (Å²) in [5.74, 6) is 3.80. The van der Waals surface area contributed by atoms with Crippen molar-refractivity contribution >= 4 is 34.6 Å². The van der Waals surface area contributed by atoms with E-state index in [9.17, 15) is 4.21 Å². The third kappa shape index (κ3) is 4.85. The van der Waals surface area contributed by atoms with Crippen molar-refractivity contribution < 1.29 is 9.32 Å². The van der Waals surface area contributed by atoms with Crippen molar-refractivity contribution in [2.75, 3.05) is 85.4 Å². The van der Waals surface area contributed by atoms with Gasteiger partial charge in [-0.1, -0.05) is 0 Å². The van der Waals surface area contributed by atoms with Crippen molar-refractivity contribution in [3.8, 4) is 0 Å². The molecule has 0 unspecified atom stereocenters. The van der Waals surface area contributed by atoms with Crippen LogP contribution in [0.15, 0.2) is 4.99 Å². The van der Waals surface area contributed by atoms with Gasteiger partial charge >= 0.3 is 0 Å². The van der Waals surface area contributed by atoms with E-state index in [0.717, 1.165) is 81.8 Å². The lowest BCUT2D eigenvalue weighted by Gasteiger charge is -2.35. The zero-order chi connectivity index (χ0) is 20.1. The van der Waals surface area contributed by atoms with Gasteiger partial charge in [-0.25, -0.2) is 5.43 Å². The first-order chi connectivity index (χ1) is 14.3. The van der Waals surface area contributed by atoms with Crippen molar-refractivity contribution in [3.05, 3.63) is 5.56 Å². The first-order valence-electron chi connectivity index (χ1n) is 10.4. The lowest BCUT2D eigenvalue weighted by molar-refractivity contribution is 0.283. The predicted molar refractivity (Wildman–Crippen MR) is 116 cm³/mol. The first-order valence-corrected chi connectivity index (χ1v) is 11.8. The number of aliphatic imine (C=N–C) groups is 1. The van der Waals surface area contributed by atoms with E-state index in [1.54, 1.807) is 0 Å². The molecule has 4 heterocycles. The number of aromatic nitrogens is 2. The number of piperazine rings is 1. The van der Waals surface area contributed by atoms with E-state index in [1.165, 1.54) is 0 Å². The summed E-state index contributed by atoms with van der Waals surface area (Å²) in [6.07, 6.45) is 3.51. The first kappa shape index (κ1) is 20.5. The highest BCUT2D eigenvalue weighted by Crippen LogP contribution is 2.30. The number of fused-ring (bicyclic) bond motifs is 1. The van der Waals surface area contributed by atoms with Gasteiger partial charge in [-0.15, -0.1) is 0 Å². The minimum atomic E-state index is -0.740. The average Bonchev–Trinajstić information content (AvgIpc) is 2.77. The zero-order valence-electron chi connectivity index (χ0n) is 16.7. The number of rotatable bonds is 7. The third-order valence-electron chi connectivity index (χ3n) is 5.36. The Bertz CT molecular complexity index is 746. The van der Waals surface area contributed by atoms with Gasteiger partial charge in [0.15, 0.2) is 5.82 Å². The van der Waals surface area contributed by atoms with Crippen molar-refractivity contribution in [2.24, 2.45) is 4.99 Å². The number of unbranched alkanes of at least 4 members (excludes halogenated alkanes) is 1. The Morgan fingerprint density at radius 1 is 1.07 bits per heavy atom. The monoisotopic (exact) mass is 422 g/mol. The third-order valence-corrected chi connectivity index (χ3v) is 6.63. The second kappa shape index (κ2) is 9.79. The van der Waals surface area contributed by atoms with Gasteiger partial charge in [-0.3, -0.25) is 14.2 Å². The number of anilines is 3. The van der Waals surface area contributed by atoms with Crippen molar-refractivity contribution in [1.82, 2.24) is 20.7 Å². The number of nitrogens with one attached hydrogen (secondary N) is 2. The van der Waals surface area contributed by atoms with E-state index in [4.69, 9.17) is 15.1 Å². The minimum Gasteiger partial charge on any atom is -0.396 e. The van der Waals surface area contributed by atoms with Crippen LogP contribution >= 0.6 is 0 Å². The molecule has 1 aromatic rings. The van der Waals surface area contributed by atoms with Gasteiger partial charge in [0.1, 0.15) is 12.5 Å². The molecule has 0 bridgehead atoms. The normalized spacial score (nSPS) is 20.2. The van der Waals surface area contributed by atoms with Gasteiger partial charge in [-0.05, 0) is 12.8 Å². The van der Waals surface area contributed by atoms with E-state index >= 15 is 0 Å². The van der Waals surface area contributed by atoms with E-state index < -0.39 is 10.8 Å². The maximum absolute atomic E-state index is 11.8. The molecule has 0 radical (unpaired) electrons. The molecule has 3 aliphatic rings. The van der Waals surface area contributed by atoms with Crippen LogP contribution < -0.4 is 25.6 Å². The number of aliphatic hydroxyl groups excluding tert-OH is 1. The Hall–Kier alpha value is -1.82. The zero-order valence-corrected chi connectivity index (χ0v) is 17.5. The van der Waals surface area contributed by atoms with Crippen molar-refractivity contribution in [3.63, 3.8) is 0 Å². The van der Waals surface area contributed by atoms with Crippen LogP contribution in [0, 0.1) is 0 Å². The van der Waals surface area contributed by atoms with Gasteiger partial charge in [0.25, 0.3) is 0 Å². The Labute approximate surface area is 173 Å². The van der Waals surface area contributed by atoms with Crippen molar-refractivity contribution in [1.29, 1.82) is 0 Å². The highest BCUT2D eigenvalue weighted by Gasteiger charge is 2.28. The maximum Gasteiger partial charge on any atom is 0.229 e. The van der Waals surface area contributed by atoms with Gasteiger partial charge in [-0.2, -0.15) is 9.97 Å². The molecule has 0 amide bonds. The highest BCUT2D eigenvalue weighted by molar-refractivity contribution is 7.85. The number of hydrogen-bond acceptors (Lipinski definition) is 10. The average molecular weight is 423 g/mol.